The Morgan fingerprint density at radius 3 is 2.08 bits per heavy atom. The van der Waals surface area contributed by atoms with Crippen LogP contribution in [0.2, 0.25) is 0 Å². The van der Waals surface area contributed by atoms with Crippen LogP contribution in [0.25, 0.3) is 0 Å². The van der Waals surface area contributed by atoms with E-state index in [1.165, 1.54) is 5.57 Å². The molecule has 0 rings (SSSR count). The molecule has 0 aliphatic rings. The molecule has 0 fully saturated rings. The molecule has 1 N–H and O–H groups in total. The first kappa shape index (κ1) is 11.7. The predicted octanol–water partition coefficient (Wildman–Crippen LogP) is 2.98. The lowest BCUT2D eigenvalue weighted by atomic mass is 9.82. The van der Waals surface area contributed by atoms with Gasteiger partial charge in [-0.25, -0.2) is 0 Å². The Morgan fingerprint density at radius 1 is 1.33 bits per heavy atom. The van der Waals surface area contributed by atoms with Crippen molar-refractivity contribution in [2.75, 3.05) is 6.54 Å². The van der Waals surface area contributed by atoms with E-state index in [0.717, 1.165) is 13.0 Å². The fourth-order valence-corrected chi connectivity index (χ4v) is 1.47. The molecule has 0 bridgehead atoms. The Kier molecular flexibility index (Phi) is 4.54. The van der Waals surface area contributed by atoms with Crippen molar-refractivity contribution >= 4 is 0 Å². The number of hydrogen-bond donors (Lipinski definition) is 1. The summed E-state index contributed by atoms with van der Waals surface area (Å²) in [6.07, 6.45) is 1.06. The van der Waals surface area contributed by atoms with E-state index >= 15 is 0 Å². The standard InChI is InChI=1S/C11H23N/c1-7-9(3)10(12-8-2)11(4,5)6/h10,12H,3,7-8H2,1-2,4-6H3. The number of hydrogen-bond acceptors (Lipinski definition) is 1. The van der Waals surface area contributed by atoms with E-state index in [-0.39, 0.29) is 5.41 Å². The molecule has 1 atom stereocenters. The SMILES string of the molecule is C=C(CC)C(NCC)C(C)(C)C. The summed E-state index contributed by atoms with van der Waals surface area (Å²) in [6, 6.07) is 0.451. The van der Waals surface area contributed by atoms with E-state index in [4.69, 9.17) is 0 Å². The van der Waals surface area contributed by atoms with Crippen LogP contribution in [0, 0.1) is 5.41 Å². The lowest BCUT2D eigenvalue weighted by Crippen LogP contribution is -2.41. The van der Waals surface area contributed by atoms with Gasteiger partial charge in [-0.2, -0.15) is 0 Å². The van der Waals surface area contributed by atoms with E-state index in [1.54, 1.807) is 0 Å². The molecule has 72 valence electrons. The van der Waals surface area contributed by atoms with Gasteiger partial charge in [0.2, 0.25) is 0 Å². The highest BCUT2D eigenvalue weighted by molar-refractivity contribution is 5.09. The van der Waals surface area contributed by atoms with Gasteiger partial charge in [-0.15, -0.1) is 0 Å². The maximum atomic E-state index is 4.10. The molecular formula is C11H23N. The van der Waals surface area contributed by atoms with Gasteiger partial charge in [0.25, 0.3) is 0 Å². The van der Waals surface area contributed by atoms with Crippen LogP contribution in [-0.4, -0.2) is 12.6 Å². The third-order valence-corrected chi connectivity index (χ3v) is 2.14. The summed E-state index contributed by atoms with van der Waals surface area (Å²) in [6.45, 7) is 16.2. The second-order valence-corrected chi connectivity index (χ2v) is 4.37. The third-order valence-electron chi connectivity index (χ3n) is 2.14. The van der Waals surface area contributed by atoms with Crippen molar-refractivity contribution < 1.29 is 0 Å². The molecule has 0 heterocycles. The Hall–Kier alpha value is -0.300. The molecule has 0 aliphatic heterocycles. The van der Waals surface area contributed by atoms with Crippen LogP contribution in [0.1, 0.15) is 41.0 Å². The molecule has 0 aliphatic carbocycles. The second kappa shape index (κ2) is 4.66. The molecular weight excluding hydrogens is 146 g/mol. The molecule has 1 nitrogen and oxygen atoms in total. The summed E-state index contributed by atoms with van der Waals surface area (Å²) in [4.78, 5) is 0. The topological polar surface area (TPSA) is 12.0 Å². The number of nitrogens with one attached hydrogen (secondary N) is 1. The first-order chi connectivity index (χ1) is 5.43. The van der Waals surface area contributed by atoms with Crippen molar-refractivity contribution in [3.05, 3.63) is 12.2 Å². The van der Waals surface area contributed by atoms with E-state index < -0.39 is 0 Å². The van der Waals surface area contributed by atoms with Crippen molar-refractivity contribution in [2.45, 2.75) is 47.1 Å². The van der Waals surface area contributed by atoms with Gasteiger partial charge in [-0.3, -0.25) is 0 Å². The minimum Gasteiger partial charge on any atom is -0.310 e. The summed E-state index contributed by atoms with van der Waals surface area (Å²) in [5, 5.41) is 3.47. The maximum Gasteiger partial charge on any atom is 0.0325 e. The highest BCUT2D eigenvalue weighted by Crippen LogP contribution is 2.25. The monoisotopic (exact) mass is 169 g/mol. The van der Waals surface area contributed by atoms with Crippen LogP contribution >= 0.6 is 0 Å². The van der Waals surface area contributed by atoms with Gasteiger partial charge in [-0.05, 0) is 18.4 Å². The van der Waals surface area contributed by atoms with Gasteiger partial charge >= 0.3 is 0 Å². The maximum absolute atomic E-state index is 4.10. The van der Waals surface area contributed by atoms with Crippen molar-refractivity contribution in [1.82, 2.24) is 5.32 Å². The molecule has 0 saturated heterocycles. The second-order valence-electron chi connectivity index (χ2n) is 4.37. The summed E-state index contributed by atoms with van der Waals surface area (Å²) in [5.74, 6) is 0. The van der Waals surface area contributed by atoms with E-state index in [1.807, 2.05) is 0 Å². The first-order valence-corrected chi connectivity index (χ1v) is 4.84. The summed E-state index contributed by atoms with van der Waals surface area (Å²) in [5.41, 5.74) is 1.59. The van der Waals surface area contributed by atoms with E-state index in [9.17, 15) is 0 Å². The van der Waals surface area contributed by atoms with E-state index in [0.29, 0.717) is 6.04 Å². The largest absolute Gasteiger partial charge is 0.310 e. The Balaban J connectivity index is 4.33. The molecule has 1 heteroatoms. The van der Waals surface area contributed by atoms with Gasteiger partial charge in [0, 0.05) is 6.04 Å². The molecule has 12 heavy (non-hydrogen) atoms. The molecule has 0 aromatic heterocycles. The minimum atomic E-state index is 0.281. The fourth-order valence-electron chi connectivity index (χ4n) is 1.47. The minimum absolute atomic E-state index is 0.281. The van der Waals surface area contributed by atoms with Crippen LogP contribution < -0.4 is 5.32 Å². The first-order valence-electron chi connectivity index (χ1n) is 4.84. The fraction of sp³-hybridized carbons (Fsp3) is 0.818. The highest BCUT2D eigenvalue weighted by atomic mass is 14.9. The zero-order chi connectivity index (χ0) is 9.78. The normalized spacial score (nSPS) is 14.4. The van der Waals surface area contributed by atoms with Crippen LogP contribution in [0.15, 0.2) is 12.2 Å². The average Bonchev–Trinajstić information content (AvgIpc) is 1.96. The smallest absolute Gasteiger partial charge is 0.0325 e. The average molecular weight is 169 g/mol. The van der Waals surface area contributed by atoms with Crippen LogP contribution in [0.4, 0.5) is 0 Å². The van der Waals surface area contributed by atoms with Gasteiger partial charge in [0.05, 0.1) is 0 Å². The number of likely N-dealkylation sites (N-methyl/N-ethyl adjacent to an activating group) is 1. The number of rotatable bonds is 4. The van der Waals surface area contributed by atoms with Gasteiger partial charge in [0.15, 0.2) is 0 Å². The molecule has 0 saturated carbocycles. The Morgan fingerprint density at radius 2 is 1.83 bits per heavy atom. The van der Waals surface area contributed by atoms with Crippen LogP contribution in [0.5, 0.6) is 0 Å². The molecule has 0 spiro atoms. The van der Waals surface area contributed by atoms with Crippen molar-refractivity contribution in [3.63, 3.8) is 0 Å². The molecule has 0 aromatic carbocycles. The predicted molar refractivity (Wildman–Crippen MR) is 56.4 cm³/mol. The van der Waals surface area contributed by atoms with Crippen molar-refractivity contribution in [1.29, 1.82) is 0 Å². The van der Waals surface area contributed by atoms with Gasteiger partial charge in [-0.1, -0.05) is 46.8 Å². The van der Waals surface area contributed by atoms with Crippen LogP contribution in [0.3, 0.4) is 0 Å². The zero-order valence-electron chi connectivity index (χ0n) is 9.20. The van der Waals surface area contributed by atoms with E-state index in [2.05, 4.69) is 46.5 Å². The molecule has 0 aromatic rings. The molecule has 0 radical (unpaired) electrons. The van der Waals surface area contributed by atoms with Crippen molar-refractivity contribution in [2.24, 2.45) is 5.41 Å². The summed E-state index contributed by atoms with van der Waals surface area (Å²) >= 11 is 0. The van der Waals surface area contributed by atoms with Gasteiger partial charge < -0.3 is 5.32 Å². The zero-order valence-corrected chi connectivity index (χ0v) is 9.20. The Bertz CT molecular complexity index is 142. The lowest BCUT2D eigenvalue weighted by molar-refractivity contribution is 0.302. The van der Waals surface area contributed by atoms with Gasteiger partial charge in [0.1, 0.15) is 0 Å². The van der Waals surface area contributed by atoms with Crippen LogP contribution in [-0.2, 0) is 0 Å². The summed E-state index contributed by atoms with van der Waals surface area (Å²) in [7, 11) is 0. The Labute approximate surface area is 77.2 Å². The quantitative estimate of drug-likeness (QED) is 0.638. The summed E-state index contributed by atoms with van der Waals surface area (Å²) < 4.78 is 0. The third kappa shape index (κ3) is 3.40. The highest BCUT2D eigenvalue weighted by Gasteiger charge is 2.24. The lowest BCUT2D eigenvalue weighted by Gasteiger charge is -2.32. The van der Waals surface area contributed by atoms with Crippen molar-refractivity contribution in [3.8, 4) is 0 Å². The molecule has 1 unspecified atom stereocenters. The molecule has 0 amide bonds.